The maximum Gasteiger partial charge on any atom is 0.262 e. The highest BCUT2D eigenvalue weighted by molar-refractivity contribution is 6.32. The first kappa shape index (κ1) is 23.9. The monoisotopic (exact) mass is 504 g/mol. The first-order valence-corrected chi connectivity index (χ1v) is 12.2. The summed E-state index contributed by atoms with van der Waals surface area (Å²) in [6, 6.07) is 17.5. The first-order chi connectivity index (χ1) is 17.5. The summed E-state index contributed by atoms with van der Waals surface area (Å²) in [6.07, 6.45) is 1.98. The predicted molar refractivity (Wildman–Crippen MR) is 136 cm³/mol. The van der Waals surface area contributed by atoms with Gasteiger partial charge in [-0.25, -0.2) is 0 Å². The molecule has 7 nitrogen and oxygen atoms in total. The standard InChI is InChI=1S/C28H25ClN2O5/c1-3-4-15-36-19-12-9-17(10-13-19)24-25(31-26(32)20-7-5-6-8-21(20)27(31)33)28(34)30(24)18-11-14-23(35-2)22(29)16-18/h5-14,16,24-25H,3-4,15H2,1-2H3/t24-,25-/m0/s1. The van der Waals surface area contributed by atoms with Gasteiger partial charge >= 0.3 is 0 Å². The van der Waals surface area contributed by atoms with Gasteiger partial charge in [0.1, 0.15) is 17.5 Å². The van der Waals surface area contributed by atoms with Gasteiger partial charge in [-0.1, -0.05) is 49.2 Å². The number of carbonyl (C=O) groups excluding carboxylic acids is 3. The number of unbranched alkanes of at least 4 members (excludes halogenated alkanes) is 1. The van der Waals surface area contributed by atoms with E-state index in [0.29, 0.717) is 39.9 Å². The van der Waals surface area contributed by atoms with E-state index < -0.39 is 23.9 Å². The molecule has 2 aliphatic heterocycles. The second kappa shape index (κ2) is 9.66. The molecule has 0 aromatic heterocycles. The quantitative estimate of drug-likeness (QED) is 0.237. The highest BCUT2D eigenvalue weighted by atomic mass is 35.5. The molecule has 184 valence electrons. The van der Waals surface area contributed by atoms with Crippen molar-refractivity contribution in [2.75, 3.05) is 18.6 Å². The molecule has 2 atom stereocenters. The molecule has 0 unspecified atom stereocenters. The Bertz CT molecular complexity index is 1310. The smallest absolute Gasteiger partial charge is 0.262 e. The number of ether oxygens (including phenoxy) is 2. The van der Waals surface area contributed by atoms with E-state index in [-0.39, 0.29) is 5.91 Å². The molecule has 8 heteroatoms. The van der Waals surface area contributed by atoms with Crippen molar-refractivity contribution >= 4 is 35.0 Å². The van der Waals surface area contributed by atoms with Crippen LogP contribution in [0.15, 0.2) is 66.7 Å². The van der Waals surface area contributed by atoms with E-state index >= 15 is 0 Å². The van der Waals surface area contributed by atoms with Crippen LogP contribution in [0.4, 0.5) is 5.69 Å². The van der Waals surface area contributed by atoms with Crippen molar-refractivity contribution in [3.63, 3.8) is 0 Å². The number of nitrogens with zero attached hydrogens (tertiary/aromatic N) is 2. The van der Waals surface area contributed by atoms with Crippen LogP contribution >= 0.6 is 11.6 Å². The topological polar surface area (TPSA) is 76.2 Å². The average molecular weight is 505 g/mol. The zero-order valence-corrected chi connectivity index (χ0v) is 20.7. The molecule has 3 aromatic rings. The van der Waals surface area contributed by atoms with Crippen molar-refractivity contribution < 1.29 is 23.9 Å². The number of hydrogen-bond donors (Lipinski definition) is 0. The molecule has 2 aliphatic rings. The largest absolute Gasteiger partial charge is 0.495 e. The Hall–Kier alpha value is -3.84. The fourth-order valence-corrected chi connectivity index (χ4v) is 4.96. The molecule has 1 fully saturated rings. The Balaban J connectivity index is 1.52. The number of fused-ring (bicyclic) bond motifs is 1. The average Bonchev–Trinajstić information content (AvgIpc) is 3.13. The molecule has 5 rings (SSSR count). The van der Waals surface area contributed by atoms with Crippen LogP contribution in [-0.2, 0) is 4.79 Å². The zero-order valence-electron chi connectivity index (χ0n) is 19.9. The van der Waals surface area contributed by atoms with Crippen molar-refractivity contribution in [3.05, 3.63) is 88.4 Å². The SMILES string of the molecule is CCCCOc1ccc([C@H]2[C@H](N3C(=O)c4ccccc4C3=O)C(=O)N2c2ccc(OC)c(Cl)c2)cc1. The Morgan fingerprint density at radius 2 is 1.53 bits per heavy atom. The van der Waals surface area contributed by atoms with Gasteiger partial charge in [0.05, 0.1) is 35.9 Å². The number of halogens is 1. The molecule has 0 N–H and O–H groups in total. The molecule has 3 amide bonds. The number of carbonyl (C=O) groups is 3. The van der Waals surface area contributed by atoms with Crippen LogP contribution < -0.4 is 14.4 Å². The third-order valence-corrected chi connectivity index (χ3v) is 6.87. The van der Waals surface area contributed by atoms with Crippen LogP contribution in [0.2, 0.25) is 5.02 Å². The molecule has 2 heterocycles. The third kappa shape index (κ3) is 3.89. The molecule has 0 aliphatic carbocycles. The second-order valence-corrected chi connectivity index (χ2v) is 9.12. The van der Waals surface area contributed by atoms with Crippen molar-refractivity contribution in [1.29, 1.82) is 0 Å². The van der Waals surface area contributed by atoms with Crippen LogP contribution in [0.1, 0.15) is 52.1 Å². The molecule has 36 heavy (non-hydrogen) atoms. The normalized spacial score (nSPS) is 18.8. The van der Waals surface area contributed by atoms with Crippen LogP contribution in [0.3, 0.4) is 0 Å². The van der Waals surface area contributed by atoms with Gasteiger partial charge in [-0.15, -0.1) is 0 Å². The molecule has 0 radical (unpaired) electrons. The number of methoxy groups -OCH3 is 1. The van der Waals surface area contributed by atoms with E-state index in [1.54, 1.807) is 47.4 Å². The summed E-state index contributed by atoms with van der Waals surface area (Å²) in [6.45, 7) is 2.71. The highest BCUT2D eigenvalue weighted by Gasteiger charge is 2.57. The Labute approximate surface area is 214 Å². The first-order valence-electron chi connectivity index (χ1n) is 11.8. The summed E-state index contributed by atoms with van der Waals surface area (Å²) in [5, 5.41) is 0.352. The number of β-lactam (4-membered cyclic amide) rings is 1. The van der Waals surface area contributed by atoms with E-state index in [9.17, 15) is 14.4 Å². The second-order valence-electron chi connectivity index (χ2n) is 8.71. The molecule has 3 aromatic carbocycles. The minimum atomic E-state index is -0.981. The van der Waals surface area contributed by atoms with E-state index in [1.165, 1.54) is 7.11 Å². The summed E-state index contributed by atoms with van der Waals surface area (Å²) in [7, 11) is 1.51. The fourth-order valence-electron chi connectivity index (χ4n) is 4.71. The van der Waals surface area contributed by atoms with E-state index in [4.69, 9.17) is 21.1 Å². The number of imide groups is 1. The van der Waals surface area contributed by atoms with E-state index in [0.717, 1.165) is 23.3 Å². The van der Waals surface area contributed by atoms with Crippen molar-refractivity contribution in [3.8, 4) is 11.5 Å². The molecular weight excluding hydrogens is 480 g/mol. The van der Waals surface area contributed by atoms with Crippen molar-refractivity contribution in [2.45, 2.75) is 31.8 Å². The highest BCUT2D eigenvalue weighted by Crippen LogP contribution is 2.45. The van der Waals surface area contributed by atoms with Crippen LogP contribution in [0.25, 0.3) is 0 Å². The van der Waals surface area contributed by atoms with E-state index in [1.807, 2.05) is 24.3 Å². The summed E-state index contributed by atoms with van der Waals surface area (Å²) in [5.41, 5.74) is 1.93. The minimum Gasteiger partial charge on any atom is -0.495 e. The summed E-state index contributed by atoms with van der Waals surface area (Å²) >= 11 is 6.35. The summed E-state index contributed by atoms with van der Waals surface area (Å²) < 4.78 is 11.0. The van der Waals surface area contributed by atoms with Gasteiger partial charge in [-0.05, 0) is 54.4 Å². The van der Waals surface area contributed by atoms with Gasteiger partial charge in [-0.2, -0.15) is 0 Å². The van der Waals surface area contributed by atoms with Crippen LogP contribution in [0.5, 0.6) is 11.5 Å². The van der Waals surface area contributed by atoms with E-state index in [2.05, 4.69) is 6.92 Å². The Kier molecular flexibility index (Phi) is 6.41. The van der Waals surface area contributed by atoms with Gasteiger partial charge in [0.15, 0.2) is 0 Å². The Morgan fingerprint density at radius 1 is 0.861 bits per heavy atom. The lowest BCUT2D eigenvalue weighted by Gasteiger charge is -2.49. The van der Waals surface area contributed by atoms with Gasteiger partial charge in [-0.3, -0.25) is 19.3 Å². The maximum absolute atomic E-state index is 13.6. The zero-order chi connectivity index (χ0) is 25.4. The van der Waals surface area contributed by atoms with Gasteiger partial charge in [0.2, 0.25) is 0 Å². The fraction of sp³-hybridized carbons (Fsp3) is 0.250. The number of hydrogen-bond acceptors (Lipinski definition) is 5. The van der Waals surface area contributed by atoms with Crippen molar-refractivity contribution in [2.24, 2.45) is 0 Å². The number of benzene rings is 3. The molecule has 0 bridgehead atoms. The minimum absolute atomic E-state index is 0.305. The number of anilines is 1. The number of amides is 3. The van der Waals surface area contributed by atoms with Crippen LogP contribution in [0, 0.1) is 0 Å². The maximum atomic E-state index is 13.6. The third-order valence-electron chi connectivity index (χ3n) is 6.57. The van der Waals surface area contributed by atoms with Crippen molar-refractivity contribution in [1.82, 2.24) is 4.90 Å². The lowest BCUT2D eigenvalue weighted by atomic mass is 9.86. The molecule has 0 spiro atoms. The molecular formula is C28H25ClN2O5. The lowest BCUT2D eigenvalue weighted by Crippen LogP contribution is -2.67. The predicted octanol–water partition coefficient (Wildman–Crippen LogP) is 5.28. The van der Waals surface area contributed by atoms with Crippen LogP contribution in [-0.4, -0.2) is 42.4 Å². The molecule has 0 saturated carbocycles. The summed E-state index contributed by atoms with van der Waals surface area (Å²) in [5.74, 6) is -0.0969. The Morgan fingerprint density at radius 3 is 2.11 bits per heavy atom. The number of rotatable bonds is 8. The van der Waals surface area contributed by atoms with Gasteiger partial charge < -0.3 is 14.4 Å². The molecule has 1 saturated heterocycles. The van der Waals surface area contributed by atoms with Gasteiger partial charge in [0, 0.05) is 5.69 Å². The lowest BCUT2D eigenvalue weighted by molar-refractivity contribution is -0.130. The van der Waals surface area contributed by atoms with Gasteiger partial charge in [0.25, 0.3) is 17.7 Å². The summed E-state index contributed by atoms with van der Waals surface area (Å²) in [4.78, 5) is 42.7.